The second kappa shape index (κ2) is 12.6. The number of alkyl halides is 9. The summed E-state index contributed by atoms with van der Waals surface area (Å²) in [5, 5.41) is 0. The van der Waals surface area contributed by atoms with Crippen LogP contribution < -0.4 is 4.90 Å². The molecule has 0 N–H and O–H groups in total. The molecule has 2 aliphatic heterocycles. The summed E-state index contributed by atoms with van der Waals surface area (Å²) >= 11 is 0. The molecule has 2 aliphatic rings. The number of piperidine rings is 1. The summed E-state index contributed by atoms with van der Waals surface area (Å²) in [4.78, 5) is 42.2. The zero-order valence-corrected chi connectivity index (χ0v) is 24.3. The summed E-state index contributed by atoms with van der Waals surface area (Å²) in [6.45, 7) is -0.796. The zero-order chi connectivity index (χ0) is 34.4. The van der Waals surface area contributed by atoms with E-state index in [-0.39, 0.29) is 45.1 Å². The van der Waals surface area contributed by atoms with Gasteiger partial charge >= 0.3 is 30.5 Å². The number of hydrogen-bond donors (Lipinski definition) is 0. The van der Waals surface area contributed by atoms with E-state index >= 15 is 0 Å². The maximum absolute atomic E-state index is 13.7. The Labute approximate surface area is 256 Å². The zero-order valence-electron chi connectivity index (χ0n) is 24.3. The average molecular weight is 671 g/mol. The van der Waals surface area contributed by atoms with Crippen LogP contribution in [0.2, 0.25) is 0 Å². The number of amides is 4. The van der Waals surface area contributed by atoms with Gasteiger partial charge in [0, 0.05) is 57.8 Å². The van der Waals surface area contributed by atoms with Gasteiger partial charge in [0.05, 0.1) is 17.2 Å². The Balaban J connectivity index is 1.58. The van der Waals surface area contributed by atoms with Crippen molar-refractivity contribution >= 4 is 23.5 Å². The number of nitrogens with zero attached hydrogens (tertiary/aromatic N) is 4. The van der Waals surface area contributed by atoms with Crippen LogP contribution in [0.3, 0.4) is 0 Å². The summed E-state index contributed by atoms with van der Waals surface area (Å²) in [7, 11) is 2.25. The first-order valence-electron chi connectivity index (χ1n) is 13.9. The molecule has 2 saturated heterocycles. The van der Waals surface area contributed by atoms with Gasteiger partial charge in [-0.3, -0.25) is 14.5 Å². The Morgan fingerprint density at radius 3 is 1.76 bits per heavy atom. The number of benzene rings is 2. The molecule has 0 aliphatic carbocycles. The molecule has 46 heavy (non-hydrogen) atoms. The van der Waals surface area contributed by atoms with Crippen molar-refractivity contribution in [1.82, 2.24) is 14.7 Å². The fourth-order valence-electron chi connectivity index (χ4n) is 5.78. The Morgan fingerprint density at radius 1 is 0.761 bits per heavy atom. The largest absolute Gasteiger partial charge is 0.471 e. The summed E-state index contributed by atoms with van der Waals surface area (Å²) in [6, 6.07) is 3.94. The molecule has 252 valence electrons. The number of halogens is 10. The lowest BCUT2D eigenvalue weighted by Crippen LogP contribution is -2.49. The number of likely N-dealkylation sites (N-methyl/N-ethyl adjacent to an activating group) is 1. The molecule has 7 nitrogen and oxygen atoms in total. The molecule has 2 atom stereocenters. The highest BCUT2D eigenvalue weighted by Crippen LogP contribution is 2.39. The van der Waals surface area contributed by atoms with Gasteiger partial charge in [-0.05, 0) is 48.7 Å². The maximum Gasteiger partial charge on any atom is 0.471 e. The van der Waals surface area contributed by atoms with Gasteiger partial charge in [0.2, 0.25) is 5.91 Å². The van der Waals surface area contributed by atoms with Crippen LogP contribution in [0.1, 0.15) is 35.4 Å². The molecule has 0 radical (unpaired) electrons. The van der Waals surface area contributed by atoms with Crippen molar-refractivity contribution in [3.8, 4) is 0 Å². The number of hydrogen-bond acceptors (Lipinski definition) is 3. The summed E-state index contributed by atoms with van der Waals surface area (Å²) in [6.07, 6.45) is -15.5. The van der Waals surface area contributed by atoms with Crippen LogP contribution in [0.4, 0.5) is 54.4 Å². The van der Waals surface area contributed by atoms with Gasteiger partial charge in [-0.1, -0.05) is 12.1 Å². The van der Waals surface area contributed by atoms with Crippen LogP contribution in [0, 0.1) is 11.7 Å². The molecule has 0 bridgehead atoms. The minimum absolute atomic E-state index is 0.0278. The molecule has 4 amide bonds. The van der Waals surface area contributed by atoms with Crippen LogP contribution in [0.5, 0.6) is 0 Å². The van der Waals surface area contributed by atoms with Crippen molar-refractivity contribution in [1.29, 1.82) is 0 Å². The van der Waals surface area contributed by atoms with Crippen molar-refractivity contribution in [2.45, 2.75) is 43.3 Å². The average Bonchev–Trinajstić information content (AvgIpc) is 3.43. The molecule has 17 heteroatoms. The first kappa shape index (κ1) is 34.8. The van der Waals surface area contributed by atoms with E-state index in [0.29, 0.717) is 27.5 Å². The first-order valence-corrected chi connectivity index (χ1v) is 13.9. The van der Waals surface area contributed by atoms with Crippen molar-refractivity contribution in [2.24, 2.45) is 5.92 Å². The lowest BCUT2D eigenvalue weighted by molar-refractivity contribution is -0.187. The van der Waals surface area contributed by atoms with Crippen LogP contribution in [0.25, 0.3) is 0 Å². The van der Waals surface area contributed by atoms with Crippen molar-refractivity contribution in [3.63, 3.8) is 0 Å². The number of likely N-dealkylation sites (tertiary alicyclic amines) is 2. The highest BCUT2D eigenvalue weighted by Gasteiger charge is 2.46. The smallest absolute Gasteiger partial charge is 0.340 e. The molecule has 2 aromatic rings. The fourth-order valence-corrected chi connectivity index (χ4v) is 5.78. The van der Waals surface area contributed by atoms with Crippen LogP contribution >= 0.6 is 0 Å². The Bertz CT molecular complexity index is 1420. The van der Waals surface area contributed by atoms with E-state index in [1.54, 1.807) is 0 Å². The molecular weight excluding hydrogens is 642 g/mol. The molecule has 0 saturated carbocycles. The maximum atomic E-state index is 13.7. The molecule has 2 fully saturated rings. The van der Waals surface area contributed by atoms with E-state index in [0.717, 1.165) is 24.1 Å². The lowest BCUT2D eigenvalue weighted by atomic mass is 9.93. The van der Waals surface area contributed by atoms with E-state index in [4.69, 9.17) is 0 Å². The highest BCUT2D eigenvalue weighted by atomic mass is 19.4. The molecule has 2 heterocycles. The standard InChI is InChI=1S/C29H28F10N4O3/c1-40(21-12-18(27(31,32)33)11-19(13-21)28(34,35)36)26(46)41(2)23-15-43(14-22(23)16-3-5-20(30)6-4-16)24(44)17-7-9-42(10-8-17)25(45)29(37,38)39/h3-6,11-13,17,22-23H,7-10,14-15H2,1-2H3. The summed E-state index contributed by atoms with van der Waals surface area (Å²) in [5.74, 6) is -4.48. The van der Waals surface area contributed by atoms with Gasteiger partial charge in [-0.15, -0.1) is 0 Å². The second-order valence-corrected chi connectivity index (χ2v) is 11.2. The normalized spacial score (nSPS) is 19.7. The third-order valence-electron chi connectivity index (χ3n) is 8.32. The molecule has 0 aromatic heterocycles. The third-order valence-corrected chi connectivity index (χ3v) is 8.32. The quantitative estimate of drug-likeness (QED) is 0.367. The third kappa shape index (κ3) is 7.49. The van der Waals surface area contributed by atoms with Gasteiger partial charge in [0.1, 0.15) is 5.82 Å². The predicted octanol–water partition coefficient (Wildman–Crippen LogP) is 6.15. The van der Waals surface area contributed by atoms with Gasteiger partial charge < -0.3 is 14.7 Å². The van der Waals surface area contributed by atoms with Crippen LogP contribution in [-0.4, -0.2) is 85.0 Å². The van der Waals surface area contributed by atoms with Gasteiger partial charge in [0.15, 0.2) is 0 Å². The fraction of sp³-hybridized carbons (Fsp3) is 0.483. The van der Waals surface area contributed by atoms with E-state index in [2.05, 4.69) is 0 Å². The Hall–Kier alpha value is -4.05. The number of urea groups is 1. The van der Waals surface area contributed by atoms with Gasteiger partial charge in [0.25, 0.3) is 0 Å². The second-order valence-electron chi connectivity index (χ2n) is 11.2. The summed E-state index contributed by atoms with van der Waals surface area (Å²) in [5.41, 5.74) is -3.45. The molecular formula is C29H28F10N4O3. The number of carbonyl (C=O) groups excluding carboxylic acids is 3. The van der Waals surface area contributed by atoms with Crippen molar-refractivity contribution in [2.75, 3.05) is 45.2 Å². The van der Waals surface area contributed by atoms with E-state index in [1.165, 1.54) is 24.1 Å². The monoisotopic (exact) mass is 670 g/mol. The van der Waals surface area contributed by atoms with Gasteiger partial charge in [-0.2, -0.15) is 39.5 Å². The SMILES string of the molecule is CN(C(=O)N(C)C1CN(C(=O)C2CCN(C(=O)C(F)(F)F)CC2)CC1c1ccc(F)cc1)c1cc(C(F)(F)F)cc(C(F)(F)F)c1. The number of anilines is 1. The van der Waals surface area contributed by atoms with Crippen molar-refractivity contribution < 1.29 is 58.3 Å². The van der Waals surface area contributed by atoms with E-state index < -0.39 is 76.9 Å². The number of rotatable bonds is 4. The minimum Gasteiger partial charge on any atom is -0.340 e. The topological polar surface area (TPSA) is 64.2 Å². The minimum atomic E-state index is -5.15. The number of carbonyl (C=O) groups is 3. The highest BCUT2D eigenvalue weighted by molar-refractivity contribution is 5.92. The predicted molar refractivity (Wildman–Crippen MR) is 143 cm³/mol. The molecule has 2 aromatic carbocycles. The molecule has 4 rings (SSSR count). The molecule has 0 spiro atoms. The first-order chi connectivity index (χ1) is 21.2. The van der Waals surface area contributed by atoms with E-state index in [9.17, 15) is 58.3 Å². The Morgan fingerprint density at radius 2 is 1.28 bits per heavy atom. The molecule has 2 unspecified atom stereocenters. The Kier molecular flexibility index (Phi) is 9.56. The lowest BCUT2D eigenvalue weighted by Gasteiger charge is -2.34. The van der Waals surface area contributed by atoms with Crippen molar-refractivity contribution in [3.05, 3.63) is 65.0 Å². The van der Waals surface area contributed by atoms with Crippen LogP contribution in [0.15, 0.2) is 42.5 Å². The van der Waals surface area contributed by atoms with Crippen LogP contribution in [-0.2, 0) is 21.9 Å². The van der Waals surface area contributed by atoms with Gasteiger partial charge in [-0.25, -0.2) is 9.18 Å². The van der Waals surface area contributed by atoms with E-state index in [1.807, 2.05) is 0 Å². The summed E-state index contributed by atoms with van der Waals surface area (Å²) < 4.78 is 133.